The second-order valence-electron chi connectivity index (χ2n) is 9.69. The maximum absolute atomic E-state index is 13.6. The lowest BCUT2D eigenvalue weighted by Gasteiger charge is -2.51. The number of ether oxygens (including phenoxy) is 1. The van der Waals surface area contributed by atoms with Crippen LogP contribution in [0.4, 0.5) is 5.82 Å². The van der Waals surface area contributed by atoms with Gasteiger partial charge >= 0.3 is 5.97 Å². The van der Waals surface area contributed by atoms with Crippen LogP contribution in [0.3, 0.4) is 0 Å². The first-order chi connectivity index (χ1) is 16.6. The summed E-state index contributed by atoms with van der Waals surface area (Å²) in [6, 6.07) is 17.9. The van der Waals surface area contributed by atoms with E-state index in [4.69, 9.17) is 4.74 Å². The zero-order valence-electron chi connectivity index (χ0n) is 18.9. The molecule has 34 heavy (non-hydrogen) atoms. The van der Waals surface area contributed by atoms with Gasteiger partial charge in [0.05, 0.1) is 13.1 Å². The van der Waals surface area contributed by atoms with E-state index in [-0.39, 0.29) is 18.0 Å². The average molecular weight is 456 g/mol. The van der Waals surface area contributed by atoms with E-state index < -0.39 is 5.92 Å². The van der Waals surface area contributed by atoms with Gasteiger partial charge in [-0.25, -0.2) is 9.97 Å². The molecule has 3 aromatic rings. The lowest BCUT2D eigenvalue weighted by atomic mass is 9.83. The molecule has 0 spiro atoms. The third-order valence-electron chi connectivity index (χ3n) is 7.71. The molecule has 0 unspecified atom stereocenters. The van der Waals surface area contributed by atoms with Gasteiger partial charge in [0.25, 0.3) is 5.91 Å². The summed E-state index contributed by atoms with van der Waals surface area (Å²) in [7, 11) is 0. The van der Waals surface area contributed by atoms with Crippen LogP contribution in [-0.2, 0) is 14.3 Å². The number of carbonyl (C=O) groups is 2. The van der Waals surface area contributed by atoms with Crippen LogP contribution in [0.25, 0.3) is 11.1 Å². The molecule has 0 saturated carbocycles. The van der Waals surface area contributed by atoms with Gasteiger partial charge in [-0.1, -0.05) is 48.5 Å². The van der Waals surface area contributed by atoms with E-state index in [2.05, 4.69) is 27.4 Å². The van der Waals surface area contributed by atoms with Gasteiger partial charge in [0.1, 0.15) is 24.6 Å². The summed E-state index contributed by atoms with van der Waals surface area (Å²) < 4.78 is 6.90. The molecule has 7 nitrogen and oxygen atoms in total. The number of hydrogen-bond donors (Lipinski definition) is 1. The predicted molar refractivity (Wildman–Crippen MR) is 127 cm³/mol. The molecule has 3 fully saturated rings. The Balaban J connectivity index is 1.18. The Morgan fingerprint density at radius 1 is 0.971 bits per heavy atom. The average Bonchev–Trinajstić information content (AvgIpc) is 3.19. The van der Waals surface area contributed by atoms with Crippen LogP contribution in [0, 0.1) is 5.92 Å². The van der Waals surface area contributed by atoms with E-state index in [0.29, 0.717) is 29.3 Å². The first-order valence-corrected chi connectivity index (χ1v) is 11.9. The van der Waals surface area contributed by atoms with Crippen LogP contribution >= 0.6 is 0 Å². The largest absolute Gasteiger partial charge is 0.455 e. The Hall–Kier alpha value is -3.58. The van der Waals surface area contributed by atoms with Crippen molar-refractivity contribution in [2.24, 2.45) is 5.92 Å². The topological polar surface area (TPSA) is 81.2 Å². The van der Waals surface area contributed by atoms with Gasteiger partial charge < -0.3 is 14.5 Å². The Labute approximate surface area is 198 Å². The number of benzene rings is 2. The molecule has 2 bridgehead atoms. The van der Waals surface area contributed by atoms with Crippen molar-refractivity contribution < 1.29 is 18.8 Å². The lowest BCUT2D eigenvalue weighted by Crippen LogP contribution is -2.66. The number of amides is 1. The zero-order chi connectivity index (χ0) is 23.1. The summed E-state index contributed by atoms with van der Waals surface area (Å²) >= 11 is 0. The zero-order valence-corrected chi connectivity index (χ0v) is 18.9. The highest BCUT2D eigenvalue weighted by molar-refractivity contribution is 5.93. The number of nitrogens with one attached hydrogen (secondary N) is 1. The lowest BCUT2D eigenvalue weighted by molar-refractivity contribution is -0.938. The Bertz CT molecular complexity index is 1190. The number of anilines is 1. The highest BCUT2D eigenvalue weighted by Gasteiger charge is 2.49. The molecule has 0 radical (unpaired) electrons. The smallest absolute Gasteiger partial charge is 0.318 e. The van der Waals surface area contributed by atoms with Crippen LogP contribution in [0.1, 0.15) is 29.9 Å². The molecule has 1 N–H and O–H groups in total. The van der Waals surface area contributed by atoms with Gasteiger partial charge in [0.15, 0.2) is 12.6 Å². The summed E-state index contributed by atoms with van der Waals surface area (Å²) in [5.41, 5.74) is 4.25. The maximum atomic E-state index is 13.6. The van der Waals surface area contributed by atoms with Gasteiger partial charge in [0, 0.05) is 25.0 Å². The summed E-state index contributed by atoms with van der Waals surface area (Å²) in [6.45, 7) is 2.92. The minimum Gasteiger partial charge on any atom is -0.455 e. The highest BCUT2D eigenvalue weighted by Crippen LogP contribution is 2.46. The molecular weight excluding hydrogens is 428 g/mol. The van der Waals surface area contributed by atoms with Crippen LogP contribution < -0.4 is 5.32 Å². The van der Waals surface area contributed by atoms with Crippen LogP contribution in [0.5, 0.6) is 0 Å². The third-order valence-corrected chi connectivity index (χ3v) is 7.71. The summed E-state index contributed by atoms with van der Waals surface area (Å²) in [5, 5.41) is 2.87. The fourth-order valence-electron chi connectivity index (χ4n) is 6.06. The number of aromatic nitrogens is 2. The summed E-state index contributed by atoms with van der Waals surface area (Å²) in [4.78, 5) is 34.3. The van der Waals surface area contributed by atoms with Crippen molar-refractivity contribution in [1.82, 2.24) is 9.97 Å². The molecule has 3 aliphatic heterocycles. The molecule has 172 valence electrons. The molecule has 7 heteroatoms. The molecule has 1 aromatic heterocycles. The van der Waals surface area contributed by atoms with E-state index >= 15 is 0 Å². The fourth-order valence-corrected chi connectivity index (χ4v) is 6.06. The Morgan fingerprint density at radius 2 is 1.65 bits per heavy atom. The van der Waals surface area contributed by atoms with Gasteiger partial charge in [-0.15, -0.1) is 0 Å². The number of carbonyl (C=O) groups excluding carboxylic acids is 2. The number of esters is 1. The fraction of sp³-hybridized carbons (Fsp3) is 0.333. The number of piperidine rings is 3. The molecule has 2 aromatic carbocycles. The van der Waals surface area contributed by atoms with Gasteiger partial charge in [-0.05, 0) is 28.3 Å². The van der Waals surface area contributed by atoms with Crippen molar-refractivity contribution in [2.45, 2.75) is 24.9 Å². The third kappa shape index (κ3) is 3.66. The Morgan fingerprint density at radius 3 is 2.29 bits per heavy atom. The SMILES string of the molecule is O=C(C[N+]12CCC(CC1)[C@@H](OC(=O)C1c3ccccc3-c3ccccc31)C2)Nc1ccncn1. The van der Waals surface area contributed by atoms with E-state index in [1.165, 1.54) is 6.33 Å². The maximum Gasteiger partial charge on any atom is 0.318 e. The quantitative estimate of drug-likeness (QED) is 0.471. The number of rotatable bonds is 5. The van der Waals surface area contributed by atoms with E-state index in [1.54, 1.807) is 12.3 Å². The number of fused-ring (bicyclic) bond motifs is 6. The van der Waals surface area contributed by atoms with Crippen molar-refractivity contribution in [2.75, 3.05) is 31.5 Å². The number of hydrogen-bond acceptors (Lipinski definition) is 5. The molecule has 7 rings (SSSR count). The second-order valence-corrected chi connectivity index (χ2v) is 9.69. The number of nitrogens with zero attached hydrogens (tertiary/aromatic N) is 3. The molecular formula is C27H27N4O3+. The van der Waals surface area contributed by atoms with Gasteiger partial charge in [-0.2, -0.15) is 0 Å². The minimum atomic E-state index is -0.391. The minimum absolute atomic E-state index is 0.0669. The molecule has 3 saturated heterocycles. The molecule has 1 atom stereocenters. The van der Waals surface area contributed by atoms with Crippen molar-refractivity contribution in [3.8, 4) is 11.1 Å². The Kier molecular flexibility index (Phi) is 5.14. The standard InChI is InChI=1S/C27H26N4O3/c32-25(30-24-9-12-28-17-29-24)16-31-13-10-18(11-14-31)23(15-31)34-27(33)26-21-7-3-1-5-19(21)20-6-2-4-8-22(20)26/h1-9,12,17-18,23,26H,10-11,13-16H2/p+1/t18?,23-,31?/m0/s1. The van der Waals surface area contributed by atoms with Crippen molar-refractivity contribution in [1.29, 1.82) is 0 Å². The number of quaternary nitrogens is 1. The van der Waals surface area contributed by atoms with E-state index in [0.717, 1.165) is 48.2 Å². The first kappa shape index (κ1) is 21.0. The molecule has 1 aliphatic carbocycles. The normalized spacial score (nSPS) is 24.8. The van der Waals surface area contributed by atoms with Gasteiger partial charge in [0.2, 0.25) is 0 Å². The molecule has 4 aliphatic rings. The van der Waals surface area contributed by atoms with E-state index in [1.807, 2.05) is 36.4 Å². The van der Waals surface area contributed by atoms with Crippen molar-refractivity contribution in [3.05, 3.63) is 78.2 Å². The van der Waals surface area contributed by atoms with E-state index in [9.17, 15) is 9.59 Å². The van der Waals surface area contributed by atoms with Crippen LogP contribution in [-0.4, -0.2) is 58.6 Å². The first-order valence-electron chi connectivity index (χ1n) is 11.9. The van der Waals surface area contributed by atoms with Crippen molar-refractivity contribution in [3.63, 3.8) is 0 Å². The predicted octanol–water partition coefficient (Wildman–Crippen LogP) is 3.38. The van der Waals surface area contributed by atoms with Gasteiger partial charge in [-0.3, -0.25) is 9.59 Å². The van der Waals surface area contributed by atoms with Crippen LogP contribution in [0.15, 0.2) is 67.1 Å². The highest BCUT2D eigenvalue weighted by atomic mass is 16.5. The summed E-state index contributed by atoms with van der Waals surface area (Å²) in [5.74, 6) is 0.229. The summed E-state index contributed by atoms with van der Waals surface area (Å²) in [6.07, 6.45) is 4.80. The monoisotopic (exact) mass is 455 g/mol. The van der Waals surface area contributed by atoms with Crippen molar-refractivity contribution >= 4 is 17.7 Å². The molecule has 1 amide bonds. The van der Waals surface area contributed by atoms with Crippen LogP contribution in [0.2, 0.25) is 0 Å². The second kappa shape index (κ2) is 8.33. The molecule has 4 heterocycles.